The van der Waals surface area contributed by atoms with Crippen LogP contribution in [0.15, 0.2) is 5.38 Å². The highest BCUT2D eigenvalue weighted by molar-refractivity contribution is 7.09. The van der Waals surface area contributed by atoms with Gasteiger partial charge in [0.05, 0.1) is 10.5 Å². The molecule has 1 amide bonds. The highest BCUT2D eigenvalue weighted by atomic mass is 32.1. The molecule has 0 radical (unpaired) electrons. The number of nitrogens with two attached hydrogens (primary N) is 1. The first-order valence-electron chi connectivity index (χ1n) is 6.48. The van der Waals surface area contributed by atoms with Gasteiger partial charge in [-0.3, -0.25) is 4.79 Å². The molecule has 1 saturated heterocycles. The van der Waals surface area contributed by atoms with Gasteiger partial charge in [0.25, 0.3) is 0 Å². The van der Waals surface area contributed by atoms with E-state index in [0.29, 0.717) is 31.1 Å². The summed E-state index contributed by atoms with van der Waals surface area (Å²) in [6.07, 6.45) is -3.30. The van der Waals surface area contributed by atoms with Crippen LogP contribution in [0.5, 0.6) is 0 Å². The van der Waals surface area contributed by atoms with Crippen LogP contribution in [0.25, 0.3) is 0 Å². The summed E-state index contributed by atoms with van der Waals surface area (Å²) < 4.78 is 42.3. The van der Waals surface area contributed by atoms with Gasteiger partial charge in [-0.1, -0.05) is 0 Å². The van der Waals surface area contributed by atoms with E-state index in [-0.39, 0.29) is 18.9 Å². The molecule has 2 heterocycles. The van der Waals surface area contributed by atoms with Crippen LogP contribution < -0.4 is 11.1 Å². The molecule has 1 aromatic heterocycles. The van der Waals surface area contributed by atoms with Crippen molar-refractivity contribution in [2.75, 3.05) is 19.8 Å². The molecule has 0 saturated carbocycles. The number of carbonyl (C=O) groups excluding carboxylic acids is 1. The number of carbonyl (C=O) groups is 1. The average molecular weight is 323 g/mol. The Hall–Kier alpha value is -1.19. The van der Waals surface area contributed by atoms with Crippen LogP contribution in [0.4, 0.5) is 13.2 Å². The van der Waals surface area contributed by atoms with Gasteiger partial charge in [-0.15, -0.1) is 11.3 Å². The van der Waals surface area contributed by atoms with E-state index in [9.17, 15) is 18.0 Å². The van der Waals surface area contributed by atoms with Crippen molar-refractivity contribution in [1.29, 1.82) is 0 Å². The minimum atomic E-state index is -4.43. The Kier molecular flexibility index (Phi) is 4.84. The van der Waals surface area contributed by atoms with Gasteiger partial charge in [0.2, 0.25) is 5.91 Å². The molecule has 1 aliphatic heterocycles. The number of halogens is 3. The molecule has 0 aliphatic carbocycles. The maximum absolute atomic E-state index is 12.4. The number of hydrogen-bond donors (Lipinski definition) is 2. The van der Waals surface area contributed by atoms with Crippen molar-refractivity contribution in [3.63, 3.8) is 0 Å². The van der Waals surface area contributed by atoms with Crippen LogP contribution in [0.3, 0.4) is 0 Å². The lowest BCUT2D eigenvalue weighted by molar-refractivity contribution is -0.140. The van der Waals surface area contributed by atoms with Gasteiger partial charge in [0.15, 0.2) is 5.69 Å². The Labute approximate surface area is 123 Å². The van der Waals surface area contributed by atoms with Gasteiger partial charge in [-0.2, -0.15) is 13.2 Å². The standard InChI is InChI=1S/C12H16F3N3O2S/c13-12(14,15)8-7-21-9(18-8)1-4-17-10(19)11(16)2-5-20-6-3-11/h7H,1-6,16H2,(H,17,19). The zero-order valence-corrected chi connectivity index (χ0v) is 12.0. The van der Waals surface area contributed by atoms with Crippen LogP contribution in [0.1, 0.15) is 23.5 Å². The lowest BCUT2D eigenvalue weighted by atomic mass is 9.90. The molecule has 0 unspecified atom stereocenters. The average Bonchev–Trinajstić information content (AvgIpc) is 2.88. The first-order valence-corrected chi connectivity index (χ1v) is 7.36. The SMILES string of the molecule is NC1(C(=O)NCCc2nc(C(F)(F)F)cs2)CCOCC1. The van der Waals surface area contributed by atoms with E-state index >= 15 is 0 Å². The predicted molar refractivity (Wildman–Crippen MR) is 70.8 cm³/mol. The zero-order chi connectivity index (χ0) is 15.5. The fourth-order valence-electron chi connectivity index (χ4n) is 1.98. The summed E-state index contributed by atoms with van der Waals surface area (Å²) in [5.41, 5.74) is 4.15. The number of thiazole rings is 1. The lowest BCUT2D eigenvalue weighted by Gasteiger charge is -2.31. The molecule has 5 nitrogen and oxygen atoms in total. The van der Waals surface area contributed by atoms with Gasteiger partial charge < -0.3 is 15.8 Å². The summed E-state index contributed by atoms with van der Waals surface area (Å²) in [5.74, 6) is -0.293. The Balaban J connectivity index is 1.81. The van der Waals surface area contributed by atoms with Crippen LogP contribution >= 0.6 is 11.3 Å². The Morgan fingerprint density at radius 1 is 1.48 bits per heavy atom. The Bertz CT molecular complexity index is 498. The van der Waals surface area contributed by atoms with E-state index in [4.69, 9.17) is 10.5 Å². The van der Waals surface area contributed by atoms with Crippen molar-refractivity contribution < 1.29 is 22.7 Å². The third-order valence-electron chi connectivity index (χ3n) is 3.30. The Morgan fingerprint density at radius 2 is 2.14 bits per heavy atom. The van der Waals surface area contributed by atoms with Crippen LogP contribution in [0, 0.1) is 0 Å². The molecule has 2 rings (SSSR count). The number of nitrogens with zero attached hydrogens (tertiary/aromatic N) is 1. The van der Waals surface area contributed by atoms with E-state index in [1.54, 1.807) is 0 Å². The third kappa shape index (κ3) is 4.14. The molecule has 0 spiro atoms. The first kappa shape index (κ1) is 16.2. The molecular weight excluding hydrogens is 307 g/mol. The van der Waals surface area contributed by atoms with Crippen LogP contribution in [-0.4, -0.2) is 36.2 Å². The van der Waals surface area contributed by atoms with Gasteiger partial charge in [0.1, 0.15) is 0 Å². The molecule has 21 heavy (non-hydrogen) atoms. The molecule has 0 aromatic carbocycles. The second kappa shape index (κ2) is 6.29. The van der Waals surface area contributed by atoms with E-state index in [0.717, 1.165) is 16.7 Å². The molecule has 1 aromatic rings. The predicted octanol–water partition coefficient (Wildman–Crippen LogP) is 1.33. The van der Waals surface area contributed by atoms with Crippen molar-refractivity contribution in [1.82, 2.24) is 10.3 Å². The van der Waals surface area contributed by atoms with Crippen molar-refractivity contribution in [2.45, 2.75) is 31.0 Å². The number of nitrogens with one attached hydrogen (secondary N) is 1. The van der Waals surface area contributed by atoms with E-state index in [1.165, 1.54) is 0 Å². The molecule has 1 fully saturated rings. The normalized spacial score (nSPS) is 18.5. The van der Waals surface area contributed by atoms with Gasteiger partial charge in [-0.05, 0) is 12.8 Å². The zero-order valence-electron chi connectivity index (χ0n) is 11.2. The van der Waals surface area contributed by atoms with Gasteiger partial charge >= 0.3 is 6.18 Å². The van der Waals surface area contributed by atoms with Gasteiger partial charge in [0, 0.05) is 31.6 Å². The molecule has 0 bridgehead atoms. The second-order valence-corrected chi connectivity index (χ2v) is 5.84. The molecule has 9 heteroatoms. The number of ether oxygens (including phenoxy) is 1. The molecule has 1 aliphatic rings. The Morgan fingerprint density at radius 3 is 2.71 bits per heavy atom. The summed E-state index contributed by atoms with van der Waals surface area (Å²) >= 11 is 0.929. The molecule has 0 atom stereocenters. The third-order valence-corrected chi connectivity index (χ3v) is 4.21. The molecular formula is C12H16F3N3O2S. The fourth-order valence-corrected chi connectivity index (χ4v) is 2.78. The maximum atomic E-state index is 12.4. The summed E-state index contributed by atoms with van der Waals surface area (Å²) in [7, 11) is 0. The smallest absolute Gasteiger partial charge is 0.381 e. The van der Waals surface area contributed by atoms with Crippen molar-refractivity contribution in [3.05, 3.63) is 16.1 Å². The highest BCUT2D eigenvalue weighted by Crippen LogP contribution is 2.30. The van der Waals surface area contributed by atoms with Crippen molar-refractivity contribution >= 4 is 17.2 Å². The summed E-state index contributed by atoms with van der Waals surface area (Å²) in [6.45, 7) is 1.08. The largest absolute Gasteiger partial charge is 0.434 e. The van der Waals surface area contributed by atoms with E-state index < -0.39 is 17.4 Å². The second-order valence-electron chi connectivity index (χ2n) is 4.90. The summed E-state index contributed by atoms with van der Waals surface area (Å²) in [4.78, 5) is 15.5. The van der Waals surface area contributed by atoms with E-state index in [2.05, 4.69) is 10.3 Å². The minimum Gasteiger partial charge on any atom is -0.381 e. The quantitative estimate of drug-likeness (QED) is 0.876. The summed E-state index contributed by atoms with van der Waals surface area (Å²) in [5, 5.41) is 3.96. The monoisotopic (exact) mass is 323 g/mol. The van der Waals surface area contributed by atoms with Crippen LogP contribution in [0.2, 0.25) is 0 Å². The number of aromatic nitrogens is 1. The topological polar surface area (TPSA) is 77.2 Å². The van der Waals surface area contributed by atoms with Gasteiger partial charge in [-0.25, -0.2) is 4.98 Å². The van der Waals surface area contributed by atoms with Crippen LogP contribution in [-0.2, 0) is 22.1 Å². The van der Waals surface area contributed by atoms with Crippen molar-refractivity contribution in [3.8, 4) is 0 Å². The number of amides is 1. The fraction of sp³-hybridized carbons (Fsp3) is 0.667. The minimum absolute atomic E-state index is 0.212. The summed E-state index contributed by atoms with van der Waals surface area (Å²) in [6, 6.07) is 0. The first-order chi connectivity index (χ1) is 9.81. The lowest BCUT2D eigenvalue weighted by Crippen LogP contribution is -2.57. The molecule has 3 N–H and O–H groups in total. The number of rotatable bonds is 4. The molecule has 118 valence electrons. The van der Waals surface area contributed by atoms with Crippen molar-refractivity contribution in [2.24, 2.45) is 5.73 Å². The number of alkyl halides is 3. The maximum Gasteiger partial charge on any atom is 0.434 e. The highest BCUT2D eigenvalue weighted by Gasteiger charge is 2.36. The van der Waals surface area contributed by atoms with E-state index in [1.807, 2.05) is 0 Å². The number of hydrogen-bond acceptors (Lipinski definition) is 5.